The fourth-order valence-electron chi connectivity index (χ4n) is 1.49. The third-order valence-corrected chi connectivity index (χ3v) is 2.58. The molecule has 2 rings (SSSR count). The van der Waals surface area contributed by atoms with Crippen LogP contribution in [-0.2, 0) is 11.3 Å². The minimum absolute atomic E-state index is 0. The standard InChI is InChI=1S/C11H15N5O.2ClH/c1-2-8(12)11(17)13-7-10-15-14-9-5-3-4-6-16(9)10;;/h3-6,8H,2,7,12H2,1H3,(H,13,17);2*1H/t8-;;/m0../s1. The Morgan fingerprint density at radius 1 is 1.42 bits per heavy atom. The van der Waals surface area contributed by atoms with Crippen LogP contribution in [0.5, 0.6) is 0 Å². The number of nitrogens with one attached hydrogen (secondary N) is 1. The topological polar surface area (TPSA) is 85.3 Å². The Balaban J connectivity index is 0.00000162. The lowest BCUT2D eigenvalue weighted by atomic mass is 10.2. The first kappa shape index (κ1) is 17.6. The number of carbonyl (C=O) groups is 1. The molecule has 3 N–H and O–H groups in total. The van der Waals surface area contributed by atoms with Gasteiger partial charge in [-0.15, -0.1) is 35.0 Å². The Bertz CT molecular complexity index is 531. The average Bonchev–Trinajstić information content (AvgIpc) is 2.78. The number of nitrogens with zero attached hydrogens (tertiary/aromatic N) is 3. The zero-order valence-electron chi connectivity index (χ0n) is 10.4. The molecule has 0 fully saturated rings. The summed E-state index contributed by atoms with van der Waals surface area (Å²) in [5, 5.41) is 10.7. The van der Waals surface area contributed by atoms with Gasteiger partial charge in [-0.05, 0) is 18.6 Å². The second kappa shape index (κ2) is 7.93. The number of pyridine rings is 1. The van der Waals surface area contributed by atoms with Crippen molar-refractivity contribution in [2.75, 3.05) is 0 Å². The van der Waals surface area contributed by atoms with Crippen molar-refractivity contribution in [1.29, 1.82) is 0 Å². The van der Waals surface area contributed by atoms with Gasteiger partial charge in [-0.25, -0.2) is 0 Å². The minimum Gasteiger partial charge on any atom is -0.347 e. The quantitative estimate of drug-likeness (QED) is 0.880. The first-order valence-electron chi connectivity index (χ1n) is 5.54. The van der Waals surface area contributed by atoms with Crippen LogP contribution in [0.4, 0.5) is 0 Å². The van der Waals surface area contributed by atoms with E-state index in [9.17, 15) is 4.79 Å². The van der Waals surface area contributed by atoms with Crippen LogP contribution in [0, 0.1) is 0 Å². The molecule has 0 aromatic carbocycles. The Hall–Kier alpha value is -1.37. The molecule has 6 nitrogen and oxygen atoms in total. The number of halogens is 2. The van der Waals surface area contributed by atoms with Crippen molar-refractivity contribution in [3.05, 3.63) is 30.2 Å². The normalized spacial score (nSPS) is 11.3. The summed E-state index contributed by atoms with van der Waals surface area (Å²) in [6.45, 7) is 2.20. The SMILES string of the molecule is CC[C@H](N)C(=O)NCc1nnc2ccccn12.Cl.Cl. The van der Waals surface area contributed by atoms with E-state index in [1.165, 1.54) is 0 Å². The maximum Gasteiger partial charge on any atom is 0.237 e. The number of hydrogen-bond donors (Lipinski definition) is 2. The molecule has 0 bridgehead atoms. The van der Waals surface area contributed by atoms with Crippen molar-refractivity contribution in [3.63, 3.8) is 0 Å². The van der Waals surface area contributed by atoms with Crippen LogP contribution in [0.25, 0.3) is 5.65 Å². The van der Waals surface area contributed by atoms with Gasteiger partial charge >= 0.3 is 0 Å². The Morgan fingerprint density at radius 2 is 2.16 bits per heavy atom. The molecule has 0 aliphatic heterocycles. The molecule has 8 heteroatoms. The highest BCUT2D eigenvalue weighted by Crippen LogP contribution is 2.02. The molecule has 2 aromatic rings. The lowest BCUT2D eigenvalue weighted by Gasteiger charge is -2.08. The molecular weight excluding hydrogens is 289 g/mol. The molecule has 1 amide bonds. The van der Waals surface area contributed by atoms with Crippen molar-refractivity contribution >= 4 is 36.4 Å². The molecule has 106 valence electrons. The molecule has 0 spiro atoms. The molecule has 0 saturated carbocycles. The molecule has 0 aliphatic rings. The Kier molecular flexibility index (Phi) is 7.36. The van der Waals surface area contributed by atoms with Gasteiger partial charge in [0, 0.05) is 6.20 Å². The molecule has 0 saturated heterocycles. The number of nitrogens with two attached hydrogens (primary N) is 1. The van der Waals surface area contributed by atoms with Crippen LogP contribution in [0.3, 0.4) is 0 Å². The predicted octanol–water partition coefficient (Wildman–Crippen LogP) is 0.926. The fourth-order valence-corrected chi connectivity index (χ4v) is 1.49. The van der Waals surface area contributed by atoms with E-state index in [1.807, 2.05) is 35.7 Å². The minimum atomic E-state index is -0.464. The van der Waals surface area contributed by atoms with E-state index in [0.29, 0.717) is 18.8 Å². The summed E-state index contributed by atoms with van der Waals surface area (Å²) in [6.07, 6.45) is 2.48. The van der Waals surface area contributed by atoms with Crippen molar-refractivity contribution in [2.24, 2.45) is 5.73 Å². The first-order valence-corrected chi connectivity index (χ1v) is 5.54. The molecule has 0 unspecified atom stereocenters. The van der Waals surface area contributed by atoms with Gasteiger partial charge in [0.25, 0.3) is 0 Å². The number of aromatic nitrogens is 3. The zero-order valence-corrected chi connectivity index (χ0v) is 12.1. The van der Waals surface area contributed by atoms with Crippen LogP contribution in [0.15, 0.2) is 24.4 Å². The van der Waals surface area contributed by atoms with Crippen LogP contribution in [0.2, 0.25) is 0 Å². The molecule has 2 aromatic heterocycles. The highest BCUT2D eigenvalue weighted by atomic mass is 35.5. The number of rotatable bonds is 4. The van der Waals surface area contributed by atoms with Gasteiger partial charge in [0.2, 0.25) is 5.91 Å². The van der Waals surface area contributed by atoms with Crippen LogP contribution in [-0.4, -0.2) is 26.5 Å². The number of hydrogen-bond acceptors (Lipinski definition) is 4. The number of fused-ring (bicyclic) bond motifs is 1. The smallest absolute Gasteiger partial charge is 0.237 e. The van der Waals surface area contributed by atoms with E-state index < -0.39 is 6.04 Å². The summed E-state index contributed by atoms with van der Waals surface area (Å²) in [4.78, 5) is 11.5. The largest absolute Gasteiger partial charge is 0.347 e. The Morgan fingerprint density at radius 3 is 2.84 bits per heavy atom. The van der Waals surface area contributed by atoms with Crippen LogP contribution in [0.1, 0.15) is 19.2 Å². The monoisotopic (exact) mass is 305 g/mol. The van der Waals surface area contributed by atoms with Gasteiger partial charge in [0.05, 0.1) is 12.6 Å². The molecule has 19 heavy (non-hydrogen) atoms. The summed E-state index contributed by atoms with van der Waals surface area (Å²) in [7, 11) is 0. The van der Waals surface area contributed by atoms with E-state index >= 15 is 0 Å². The molecule has 2 heterocycles. The van der Waals surface area contributed by atoms with Crippen LogP contribution < -0.4 is 11.1 Å². The second-order valence-electron chi connectivity index (χ2n) is 3.78. The van der Waals surface area contributed by atoms with Gasteiger partial charge in [-0.3, -0.25) is 9.20 Å². The third-order valence-electron chi connectivity index (χ3n) is 2.58. The van der Waals surface area contributed by atoms with E-state index in [2.05, 4.69) is 15.5 Å². The maximum absolute atomic E-state index is 11.5. The van der Waals surface area contributed by atoms with Gasteiger partial charge < -0.3 is 11.1 Å². The highest BCUT2D eigenvalue weighted by molar-refractivity contribution is 5.85. The second-order valence-corrected chi connectivity index (χ2v) is 3.78. The van der Waals surface area contributed by atoms with E-state index in [4.69, 9.17) is 5.73 Å². The highest BCUT2D eigenvalue weighted by Gasteiger charge is 2.11. The van der Waals surface area contributed by atoms with Gasteiger partial charge in [-0.2, -0.15) is 0 Å². The summed E-state index contributed by atoms with van der Waals surface area (Å²) in [5.41, 5.74) is 6.37. The van der Waals surface area contributed by atoms with E-state index in [0.717, 1.165) is 5.65 Å². The van der Waals surface area contributed by atoms with Gasteiger partial charge in [0.1, 0.15) is 0 Å². The lowest BCUT2D eigenvalue weighted by molar-refractivity contribution is -0.122. The first-order chi connectivity index (χ1) is 8.22. The molecular formula is C11H17Cl2N5O. The fraction of sp³-hybridized carbons (Fsp3) is 0.364. The van der Waals surface area contributed by atoms with Crippen molar-refractivity contribution in [1.82, 2.24) is 19.9 Å². The van der Waals surface area contributed by atoms with E-state index in [-0.39, 0.29) is 30.7 Å². The summed E-state index contributed by atoms with van der Waals surface area (Å²) in [6, 6.07) is 5.17. The summed E-state index contributed by atoms with van der Waals surface area (Å²) >= 11 is 0. The zero-order chi connectivity index (χ0) is 12.3. The van der Waals surface area contributed by atoms with Gasteiger partial charge in [-0.1, -0.05) is 13.0 Å². The maximum atomic E-state index is 11.5. The van der Waals surface area contributed by atoms with Crippen molar-refractivity contribution < 1.29 is 4.79 Å². The van der Waals surface area contributed by atoms with E-state index in [1.54, 1.807) is 0 Å². The molecule has 1 atom stereocenters. The molecule has 0 aliphatic carbocycles. The number of amides is 1. The van der Waals surface area contributed by atoms with Crippen LogP contribution >= 0.6 is 24.8 Å². The molecule has 0 radical (unpaired) electrons. The van der Waals surface area contributed by atoms with Crippen molar-refractivity contribution in [2.45, 2.75) is 25.9 Å². The summed E-state index contributed by atoms with van der Waals surface area (Å²) < 4.78 is 1.83. The third kappa shape index (κ3) is 4.05. The lowest BCUT2D eigenvalue weighted by Crippen LogP contribution is -2.39. The Labute approximate surface area is 123 Å². The number of carbonyl (C=O) groups excluding carboxylic acids is 1. The average molecular weight is 306 g/mol. The van der Waals surface area contributed by atoms with Crippen molar-refractivity contribution in [3.8, 4) is 0 Å². The summed E-state index contributed by atoms with van der Waals surface area (Å²) in [5.74, 6) is 0.525. The van der Waals surface area contributed by atoms with Gasteiger partial charge in [0.15, 0.2) is 11.5 Å². The predicted molar refractivity (Wildman–Crippen MR) is 77.6 cm³/mol.